The molecule has 1 atom stereocenters. The van der Waals surface area contributed by atoms with E-state index in [0.29, 0.717) is 30.8 Å². The van der Waals surface area contributed by atoms with Crippen LogP contribution < -0.4 is 25.5 Å². The summed E-state index contributed by atoms with van der Waals surface area (Å²) < 4.78 is 22.4. The molecule has 28 heavy (non-hydrogen) atoms. The predicted octanol–water partition coefficient (Wildman–Crippen LogP) is 0.643. The molecule has 9 heteroatoms. The molecule has 1 aliphatic heterocycles. The zero-order valence-corrected chi connectivity index (χ0v) is 17.0. The van der Waals surface area contributed by atoms with E-state index in [0.717, 1.165) is 18.9 Å². The maximum absolute atomic E-state index is 15.1. The summed E-state index contributed by atoms with van der Waals surface area (Å²) in [6.45, 7) is 3.93. The van der Waals surface area contributed by atoms with Crippen LogP contribution >= 0.6 is 0 Å². The van der Waals surface area contributed by atoms with Crippen LogP contribution in [0.5, 0.6) is 5.75 Å². The molecule has 2 heterocycles. The van der Waals surface area contributed by atoms with Gasteiger partial charge in [-0.1, -0.05) is 0 Å². The minimum atomic E-state index is -1.56. The van der Waals surface area contributed by atoms with E-state index >= 15 is 4.39 Å². The number of aromatic carboxylic acids is 1. The van der Waals surface area contributed by atoms with Gasteiger partial charge in [0, 0.05) is 37.9 Å². The fourth-order valence-electron chi connectivity index (χ4n) is 3.85. The van der Waals surface area contributed by atoms with Crippen LogP contribution in [0.3, 0.4) is 0 Å². The van der Waals surface area contributed by atoms with Gasteiger partial charge in [-0.3, -0.25) is 4.79 Å². The smallest absolute Gasteiger partial charge is 0.545 e. The number of pyridine rings is 1. The molecule has 4 rings (SSSR count). The Labute approximate surface area is 177 Å². The van der Waals surface area contributed by atoms with Gasteiger partial charge in [-0.25, -0.2) is 4.39 Å². The van der Waals surface area contributed by atoms with Crippen LogP contribution in [0.25, 0.3) is 10.9 Å². The number of methoxy groups -OCH3 is 1. The molecular weight excluding hydrogens is 461 g/mol. The Morgan fingerprint density at radius 2 is 2.11 bits per heavy atom. The third-order valence-corrected chi connectivity index (χ3v) is 5.25. The Hall–Kier alpha value is -1.87. The second-order valence-corrected chi connectivity index (χ2v) is 7.24. The zero-order chi connectivity index (χ0) is 19.3. The number of ether oxygens (including phenoxy) is 1. The Morgan fingerprint density at radius 3 is 2.68 bits per heavy atom. The molecule has 1 aromatic carbocycles. The number of hydrogen-bond donors (Lipinski definition) is 1. The van der Waals surface area contributed by atoms with Gasteiger partial charge in [-0.2, -0.15) is 0 Å². The quantitative estimate of drug-likeness (QED) is 0.645. The van der Waals surface area contributed by atoms with Crippen molar-refractivity contribution in [3.63, 3.8) is 0 Å². The van der Waals surface area contributed by atoms with E-state index in [1.807, 2.05) is 11.8 Å². The van der Waals surface area contributed by atoms with Crippen LogP contribution in [0, 0.1) is 5.82 Å². The number of nitrogens with zero attached hydrogens (tertiary/aromatic N) is 2. The number of hydrogen-bond acceptors (Lipinski definition) is 6. The van der Waals surface area contributed by atoms with E-state index in [2.05, 4.69) is 5.32 Å². The van der Waals surface area contributed by atoms with Crippen molar-refractivity contribution in [2.45, 2.75) is 31.8 Å². The second-order valence-electron chi connectivity index (χ2n) is 7.24. The van der Waals surface area contributed by atoms with Crippen molar-refractivity contribution in [3.05, 3.63) is 33.9 Å². The fraction of sp³-hybridized carbons (Fsp3) is 0.474. The molecule has 0 bridgehead atoms. The van der Waals surface area contributed by atoms with Crippen molar-refractivity contribution < 1.29 is 41.4 Å². The number of carboxylic acids is 1. The summed E-state index contributed by atoms with van der Waals surface area (Å²) in [4.78, 5) is 25.9. The number of carbonyl (C=O) groups excluding carboxylic acids is 1. The van der Waals surface area contributed by atoms with Crippen molar-refractivity contribution in [3.8, 4) is 5.75 Å². The van der Waals surface area contributed by atoms with Crippen LogP contribution in [0.1, 0.15) is 36.2 Å². The molecule has 1 unspecified atom stereocenters. The minimum absolute atomic E-state index is 0. The molecule has 2 aromatic rings. The standard InChI is InChI=1S/C19H22FN3O4.Ag/c1-10-8-22(6-5-21-10)16-14(20)7-12-15(18(16)27-2)23(11-3-4-11)9-13(17(12)24)19(25)26;/h7,9-11,21H,3-6,8H2,1-2H3,(H,25,26);/q;+1/p-1. The van der Waals surface area contributed by atoms with Gasteiger partial charge in [-0.15, -0.1) is 0 Å². The number of aromatic nitrogens is 1. The van der Waals surface area contributed by atoms with Gasteiger partial charge >= 0.3 is 22.4 Å². The molecule has 0 spiro atoms. The Kier molecular flexibility index (Phi) is 5.86. The third-order valence-electron chi connectivity index (χ3n) is 5.25. The summed E-state index contributed by atoms with van der Waals surface area (Å²) in [6.07, 6.45) is 3.04. The summed E-state index contributed by atoms with van der Waals surface area (Å²) in [5.74, 6) is -1.88. The van der Waals surface area contributed by atoms with Gasteiger partial charge in [0.1, 0.15) is 5.69 Å². The normalized spacial score (nSPS) is 19.4. The van der Waals surface area contributed by atoms with Crippen molar-refractivity contribution in [2.75, 3.05) is 31.6 Å². The average Bonchev–Trinajstić information content (AvgIpc) is 3.46. The molecule has 7 nitrogen and oxygen atoms in total. The molecule has 1 aromatic heterocycles. The topological polar surface area (TPSA) is 86.6 Å². The first-order chi connectivity index (χ1) is 12.9. The molecule has 154 valence electrons. The maximum Gasteiger partial charge on any atom is 1.00 e. The van der Waals surface area contributed by atoms with Gasteiger partial charge in [0.05, 0.1) is 29.5 Å². The second kappa shape index (κ2) is 7.87. The zero-order valence-electron chi connectivity index (χ0n) is 15.6. The van der Waals surface area contributed by atoms with Crippen LogP contribution in [-0.2, 0) is 22.4 Å². The van der Waals surface area contributed by atoms with Gasteiger partial charge in [0.2, 0.25) is 0 Å². The van der Waals surface area contributed by atoms with Crippen molar-refractivity contribution >= 4 is 22.6 Å². The fourth-order valence-corrected chi connectivity index (χ4v) is 3.85. The number of nitrogens with one attached hydrogen (secondary N) is 1. The van der Waals surface area contributed by atoms with Gasteiger partial charge < -0.3 is 29.4 Å². The number of carboxylic acid groups (broad SMARTS) is 1. The number of anilines is 1. The Bertz CT molecular complexity index is 990. The van der Waals surface area contributed by atoms with E-state index in [4.69, 9.17) is 4.74 Å². The van der Waals surface area contributed by atoms with Gasteiger partial charge in [0.25, 0.3) is 0 Å². The molecule has 2 aliphatic rings. The monoisotopic (exact) mass is 481 g/mol. The van der Waals surface area contributed by atoms with Crippen LogP contribution in [0.15, 0.2) is 17.1 Å². The van der Waals surface area contributed by atoms with Crippen molar-refractivity contribution in [1.29, 1.82) is 0 Å². The van der Waals surface area contributed by atoms with Crippen molar-refractivity contribution in [1.82, 2.24) is 9.88 Å². The minimum Gasteiger partial charge on any atom is -0.545 e. The predicted molar refractivity (Wildman–Crippen MR) is 97.0 cm³/mol. The first-order valence-corrected chi connectivity index (χ1v) is 9.07. The molecule has 1 N–H and O–H groups in total. The van der Waals surface area contributed by atoms with E-state index < -0.39 is 22.8 Å². The first-order valence-electron chi connectivity index (χ1n) is 9.07. The molecule has 2 fully saturated rings. The molecule has 1 saturated heterocycles. The largest absolute Gasteiger partial charge is 1.00 e. The van der Waals surface area contributed by atoms with E-state index in [9.17, 15) is 14.7 Å². The van der Waals surface area contributed by atoms with Crippen molar-refractivity contribution in [2.24, 2.45) is 0 Å². The van der Waals surface area contributed by atoms with Crippen LogP contribution in [-0.4, -0.2) is 43.3 Å². The number of benzene rings is 1. The molecular formula is C19H21AgFN3O4. The summed E-state index contributed by atoms with van der Waals surface area (Å²) in [6, 6.07) is 1.39. The SMILES string of the molecule is COc1c(N2CCNC(C)C2)c(F)cc2c(=O)c(C(=O)[O-])cn(C3CC3)c12.[Ag+]. The Balaban J connectivity index is 0.00000225. The van der Waals surface area contributed by atoms with Gasteiger partial charge in [-0.05, 0) is 25.8 Å². The summed E-state index contributed by atoms with van der Waals surface area (Å²) >= 11 is 0. The van der Waals surface area contributed by atoms with E-state index in [1.165, 1.54) is 13.3 Å². The van der Waals surface area contributed by atoms with E-state index in [1.54, 1.807) is 4.57 Å². The summed E-state index contributed by atoms with van der Waals surface area (Å²) in [5.41, 5.74) is -0.454. The maximum atomic E-state index is 15.1. The Morgan fingerprint density at radius 1 is 1.39 bits per heavy atom. The number of rotatable bonds is 4. The van der Waals surface area contributed by atoms with Crippen LogP contribution in [0.4, 0.5) is 10.1 Å². The molecule has 1 saturated carbocycles. The molecule has 1 aliphatic carbocycles. The first kappa shape index (κ1) is 20.9. The average molecular weight is 482 g/mol. The number of carbonyl (C=O) groups is 1. The summed E-state index contributed by atoms with van der Waals surface area (Å²) in [5, 5.41) is 14.7. The number of piperazine rings is 1. The van der Waals surface area contributed by atoms with E-state index in [-0.39, 0.29) is 45.6 Å². The molecule has 0 amide bonds. The van der Waals surface area contributed by atoms with Gasteiger partial charge in [0.15, 0.2) is 17.0 Å². The number of fused-ring (bicyclic) bond motifs is 1. The molecule has 0 radical (unpaired) electrons. The van der Waals surface area contributed by atoms with Crippen LogP contribution in [0.2, 0.25) is 0 Å². The third kappa shape index (κ3) is 3.45. The summed E-state index contributed by atoms with van der Waals surface area (Å²) in [7, 11) is 1.44. The number of halogens is 1.